The van der Waals surface area contributed by atoms with Gasteiger partial charge in [0.25, 0.3) is 5.91 Å². The van der Waals surface area contributed by atoms with E-state index in [1.807, 2.05) is 42.5 Å². The summed E-state index contributed by atoms with van der Waals surface area (Å²) in [6.45, 7) is 0. The number of thiocarbonyl (C=S) groups is 1. The van der Waals surface area contributed by atoms with Crippen LogP contribution in [0.2, 0.25) is 10.0 Å². The number of anilines is 1. The van der Waals surface area contributed by atoms with Crippen LogP contribution >= 0.6 is 35.4 Å². The van der Waals surface area contributed by atoms with Crippen LogP contribution in [0.1, 0.15) is 20.7 Å². The van der Waals surface area contributed by atoms with Crippen LogP contribution in [0.25, 0.3) is 11.1 Å². The highest BCUT2D eigenvalue weighted by Gasteiger charge is 2.17. The van der Waals surface area contributed by atoms with Gasteiger partial charge in [0, 0.05) is 10.6 Å². The van der Waals surface area contributed by atoms with Gasteiger partial charge in [-0.25, -0.2) is 4.79 Å². The molecule has 0 fully saturated rings. The zero-order valence-electron chi connectivity index (χ0n) is 14.8. The fourth-order valence-corrected chi connectivity index (χ4v) is 3.37. The number of carbonyl (C=O) groups is 2. The molecule has 5 nitrogen and oxygen atoms in total. The molecule has 0 saturated carbocycles. The van der Waals surface area contributed by atoms with Crippen molar-refractivity contribution in [2.75, 3.05) is 5.32 Å². The minimum atomic E-state index is -1.23. The van der Waals surface area contributed by atoms with Crippen molar-refractivity contribution in [2.45, 2.75) is 0 Å². The number of hydrogen-bond acceptors (Lipinski definition) is 3. The van der Waals surface area contributed by atoms with E-state index in [1.54, 1.807) is 12.1 Å². The lowest BCUT2D eigenvalue weighted by atomic mass is 10.0. The minimum Gasteiger partial charge on any atom is -0.478 e. The molecule has 8 heteroatoms. The van der Waals surface area contributed by atoms with E-state index in [4.69, 9.17) is 35.4 Å². The van der Waals surface area contributed by atoms with E-state index in [9.17, 15) is 14.7 Å². The molecule has 0 heterocycles. The van der Waals surface area contributed by atoms with Gasteiger partial charge < -0.3 is 10.4 Å². The van der Waals surface area contributed by atoms with Crippen LogP contribution < -0.4 is 10.6 Å². The number of hydrogen-bond donors (Lipinski definition) is 3. The third-order valence-corrected chi connectivity index (χ3v) is 4.73. The molecule has 29 heavy (non-hydrogen) atoms. The molecule has 0 atom stereocenters. The lowest BCUT2D eigenvalue weighted by Crippen LogP contribution is -2.34. The first kappa shape index (κ1) is 20.8. The number of carbonyl (C=O) groups excluding carboxylic acids is 1. The standard InChI is InChI=1S/C21H14Cl2N2O3S/c22-15-10-16(20(27)28)18(17(23)11-15)24-21(29)25-19(26)14-8-6-13(7-9-14)12-4-2-1-3-5-12/h1-11H,(H,27,28)(H2,24,25,26,29). The summed E-state index contributed by atoms with van der Waals surface area (Å²) in [5, 5.41) is 14.6. The Labute approximate surface area is 182 Å². The van der Waals surface area contributed by atoms with Crippen LogP contribution in [0.5, 0.6) is 0 Å². The Morgan fingerprint density at radius 1 is 0.897 bits per heavy atom. The molecule has 0 aliphatic rings. The lowest BCUT2D eigenvalue weighted by molar-refractivity contribution is 0.0697. The Bertz CT molecular complexity index is 1090. The second kappa shape index (κ2) is 9.05. The van der Waals surface area contributed by atoms with Crippen molar-refractivity contribution in [1.29, 1.82) is 0 Å². The molecular weight excluding hydrogens is 431 g/mol. The van der Waals surface area contributed by atoms with E-state index in [1.165, 1.54) is 12.1 Å². The van der Waals surface area contributed by atoms with Gasteiger partial charge in [-0.05, 0) is 47.6 Å². The summed E-state index contributed by atoms with van der Waals surface area (Å²) in [5.74, 6) is -1.67. The van der Waals surface area contributed by atoms with Crippen LogP contribution in [0.3, 0.4) is 0 Å². The summed E-state index contributed by atoms with van der Waals surface area (Å²) < 4.78 is 0. The maximum absolute atomic E-state index is 12.4. The Morgan fingerprint density at radius 2 is 1.52 bits per heavy atom. The summed E-state index contributed by atoms with van der Waals surface area (Å²) in [6, 6.07) is 19.4. The second-order valence-corrected chi connectivity index (χ2v) is 7.22. The van der Waals surface area contributed by atoms with Gasteiger partial charge in [-0.15, -0.1) is 0 Å². The lowest BCUT2D eigenvalue weighted by Gasteiger charge is -2.14. The predicted molar refractivity (Wildman–Crippen MR) is 119 cm³/mol. The van der Waals surface area contributed by atoms with E-state index in [2.05, 4.69) is 10.6 Å². The fraction of sp³-hybridized carbons (Fsp3) is 0. The van der Waals surface area contributed by atoms with Crippen LogP contribution in [0.15, 0.2) is 66.7 Å². The summed E-state index contributed by atoms with van der Waals surface area (Å²) in [5.41, 5.74) is 2.30. The SMILES string of the molecule is O=C(NC(=S)Nc1c(Cl)cc(Cl)cc1C(=O)O)c1ccc(-c2ccccc2)cc1. The van der Waals surface area contributed by atoms with Crippen molar-refractivity contribution < 1.29 is 14.7 Å². The van der Waals surface area contributed by atoms with Crippen molar-refractivity contribution in [3.05, 3.63) is 87.9 Å². The molecule has 0 unspecified atom stereocenters. The zero-order chi connectivity index (χ0) is 21.0. The summed E-state index contributed by atoms with van der Waals surface area (Å²) in [6.07, 6.45) is 0. The van der Waals surface area contributed by atoms with Crippen molar-refractivity contribution >= 4 is 58.1 Å². The van der Waals surface area contributed by atoms with E-state index in [0.717, 1.165) is 11.1 Å². The van der Waals surface area contributed by atoms with Gasteiger partial charge in [0.1, 0.15) is 0 Å². The number of rotatable bonds is 4. The number of amides is 1. The molecule has 0 aliphatic heterocycles. The molecular formula is C21H14Cl2N2O3S. The zero-order valence-corrected chi connectivity index (χ0v) is 17.1. The molecule has 0 radical (unpaired) electrons. The molecule has 0 aliphatic carbocycles. The first-order chi connectivity index (χ1) is 13.8. The number of benzene rings is 3. The van der Waals surface area contributed by atoms with Crippen LogP contribution in [-0.4, -0.2) is 22.1 Å². The van der Waals surface area contributed by atoms with E-state index in [-0.39, 0.29) is 26.4 Å². The molecule has 3 N–H and O–H groups in total. The first-order valence-electron chi connectivity index (χ1n) is 8.35. The molecule has 3 aromatic carbocycles. The van der Waals surface area contributed by atoms with E-state index >= 15 is 0 Å². The normalized spacial score (nSPS) is 10.3. The highest BCUT2D eigenvalue weighted by atomic mass is 35.5. The summed E-state index contributed by atoms with van der Waals surface area (Å²) in [7, 11) is 0. The van der Waals surface area contributed by atoms with Gasteiger partial charge >= 0.3 is 5.97 Å². The average Bonchev–Trinajstić information content (AvgIpc) is 2.70. The monoisotopic (exact) mass is 444 g/mol. The molecule has 0 bridgehead atoms. The highest BCUT2D eigenvalue weighted by Crippen LogP contribution is 2.30. The number of nitrogens with one attached hydrogen (secondary N) is 2. The maximum Gasteiger partial charge on any atom is 0.337 e. The molecule has 3 rings (SSSR count). The van der Waals surface area contributed by atoms with Crippen LogP contribution in [-0.2, 0) is 0 Å². The van der Waals surface area contributed by atoms with Gasteiger partial charge in [0.05, 0.1) is 16.3 Å². The number of halogens is 2. The Balaban J connectivity index is 1.72. The molecule has 3 aromatic rings. The third-order valence-electron chi connectivity index (χ3n) is 4.01. The first-order valence-corrected chi connectivity index (χ1v) is 9.51. The van der Waals surface area contributed by atoms with Gasteiger partial charge in [0.2, 0.25) is 0 Å². The second-order valence-electron chi connectivity index (χ2n) is 5.97. The maximum atomic E-state index is 12.4. The fourth-order valence-electron chi connectivity index (χ4n) is 2.63. The van der Waals surface area contributed by atoms with Gasteiger partial charge in [-0.2, -0.15) is 0 Å². The average molecular weight is 445 g/mol. The van der Waals surface area contributed by atoms with Crippen molar-refractivity contribution in [2.24, 2.45) is 0 Å². The molecule has 0 aromatic heterocycles. The van der Waals surface area contributed by atoms with Crippen molar-refractivity contribution in [3.63, 3.8) is 0 Å². The minimum absolute atomic E-state index is 0.0493. The number of aromatic carboxylic acids is 1. The van der Waals surface area contributed by atoms with Crippen LogP contribution in [0, 0.1) is 0 Å². The Kier molecular flexibility index (Phi) is 6.49. The smallest absolute Gasteiger partial charge is 0.337 e. The highest BCUT2D eigenvalue weighted by molar-refractivity contribution is 7.80. The van der Waals surface area contributed by atoms with E-state index in [0.29, 0.717) is 5.56 Å². The van der Waals surface area contributed by atoms with Crippen LogP contribution in [0.4, 0.5) is 5.69 Å². The molecule has 1 amide bonds. The Hall–Kier alpha value is -2.93. The topological polar surface area (TPSA) is 78.4 Å². The van der Waals surface area contributed by atoms with Gasteiger partial charge in [-0.3, -0.25) is 10.1 Å². The Morgan fingerprint density at radius 3 is 2.14 bits per heavy atom. The molecule has 0 spiro atoms. The largest absolute Gasteiger partial charge is 0.478 e. The third kappa shape index (κ3) is 5.12. The predicted octanol–water partition coefficient (Wildman–Crippen LogP) is 5.49. The summed E-state index contributed by atoms with van der Waals surface area (Å²) in [4.78, 5) is 23.9. The molecule has 0 saturated heterocycles. The van der Waals surface area contributed by atoms with Crippen molar-refractivity contribution in [3.8, 4) is 11.1 Å². The molecule has 146 valence electrons. The van der Waals surface area contributed by atoms with Gasteiger partial charge in [0.15, 0.2) is 5.11 Å². The summed E-state index contributed by atoms with van der Waals surface area (Å²) >= 11 is 17.0. The van der Waals surface area contributed by atoms with E-state index < -0.39 is 11.9 Å². The quantitative estimate of drug-likeness (QED) is 0.464. The van der Waals surface area contributed by atoms with Crippen molar-refractivity contribution in [1.82, 2.24) is 5.32 Å². The number of carboxylic acids is 1. The van der Waals surface area contributed by atoms with Gasteiger partial charge in [-0.1, -0.05) is 65.7 Å². The number of carboxylic acid groups (broad SMARTS) is 1.